The molecule has 5 heteroatoms. The van der Waals surface area contributed by atoms with Crippen LogP contribution in [0.5, 0.6) is 0 Å². The van der Waals surface area contributed by atoms with E-state index in [0.717, 1.165) is 21.1 Å². The van der Waals surface area contributed by atoms with Gasteiger partial charge in [0, 0.05) is 10.0 Å². The number of fused-ring (bicyclic) bond motifs is 1. The molecule has 100 valence electrons. The highest BCUT2D eigenvalue weighted by Crippen LogP contribution is 2.27. The van der Waals surface area contributed by atoms with Crippen molar-refractivity contribution < 1.29 is 9.90 Å². The Bertz CT molecular complexity index is 824. The number of rotatable bonds is 2. The van der Waals surface area contributed by atoms with E-state index in [1.807, 2.05) is 19.1 Å². The van der Waals surface area contributed by atoms with Gasteiger partial charge in [0.1, 0.15) is 5.82 Å². The Hall–Kier alpha value is -2.14. The fourth-order valence-electron chi connectivity index (χ4n) is 2.25. The molecule has 0 fully saturated rings. The molecule has 0 bridgehead atoms. The Kier molecular flexibility index (Phi) is 3.06. The Morgan fingerprint density at radius 2 is 2.05 bits per heavy atom. The summed E-state index contributed by atoms with van der Waals surface area (Å²) in [5.41, 5.74) is 3.59. The fourth-order valence-corrected chi connectivity index (χ4v) is 2.82. The summed E-state index contributed by atoms with van der Waals surface area (Å²) < 4.78 is 0.962. The van der Waals surface area contributed by atoms with Gasteiger partial charge in [0.25, 0.3) is 0 Å². The lowest BCUT2D eigenvalue weighted by molar-refractivity contribution is 0.0697. The lowest BCUT2D eigenvalue weighted by atomic mass is 10.1. The first kappa shape index (κ1) is 12.9. The van der Waals surface area contributed by atoms with Gasteiger partial charge >= 0.3 is 5.97 Å². The molecule has 3 rings (SSSR count). The summed E-state index contributed by atoms with van der Waals surface area (Å²) in [6.07, 6.45) is 0. The second-order valence-electron chi connectivity index (χ2n) is 4.56. The van der Waals surface area contributed by atoms with Crippen LogP contribution in [0.15, 0.2) is 40.9 Å². The normalized spacial score (nSPS) is 10.9. The number of benzene rings is 2. The number of aromatic amines is 1. The predicted octanol–water partition coefficient (Wildman–Crippen LogP) is 4.00. The number of carboxylic acids is 1. The molecule has 0 saturated carbocycles. The average molecular weight is 331 g/mol. The van der Waals surface area contributed by atoms with Gasteiger partial charge in [-0.3, -0.25) is 0 Å². The highest BCUT2D eigenvalue weighted by atomic mass is 79.9. The van der Waals surface area contributed by atoms with Gasteiger partial charge in [0.05, 0.1) is 16.6 Å². The van der Waals surface area contributed by atoms with Crippen molar-refractivity contribution in [2.45, 2.75) is 6.92 Å². The van der Waals surface area contributed by atoms with Crippen molar-refractivity contribution in [2.24, 2.45) is 0 Å². The quantitative estimate of drug-likeness (QED) is 0.746. The highest BCUT2D eigenvalue weighted by Gasteiger charge is 2.14. The molecule has 0 radical (unpaired) electrons. The molecule has 4 nitrogen and oxygen atoms in total. The molecule has 0 aliphatic heterocycles. The molecule has 0 unspecified atom stereocenters. The summed E-state index contributed by atoms with van der Waals surface area (Å²) in [5.74, 6) is -0.391. The van der Waals surface area contributed by atoms with E-state index in [1.165, 1.54) is 0 Å². The van der Waals surface area contributed by atoms with Crippen LogP contribution in [-0.4, -0.2) is 21.0 Å². The van der Waals surface area contributed by atoms with Crippen LogP contribution in [0.4, 0.5) is 0 Å². The lowest BCUT2D eigenvalue weighted by Crippen LogP contribution is -1.99. The first-order chi connectivity index (χ1) is 9.56. The number of halogens is 1. The molecule has 0 saturated heterocycles. The lowest BCUT2D eigenvalue weighted by Gasteiger charge is -2.01. The maximum Gasteiger partial charge on any atom is 0.336 e. The zero-order chi connectivity index (χ0) is 14.3. The number of nitrogens with one attached hydrogen (secondary N) is 1. The second-order valence-corrected chi connectivity index (χ2v) is 5.47. The number of aromatic carboxylic acids is 1. The van der Waals surface area contributed by atoms with Crippen molar-refractivity contribution in [3.05, 3.63) is 52.0 Å². The van der Waals surface area contributed by atoms with E-state index in [9.17, 15) is 9.90 Å². The topological polar surface area (TPSA) is 66.0 Å². The molecule has 0 aliphatic rings. The molecule has 2 N–H and O–H groups in total. The van der Waals surface area contributed by atoms with E-state index < -0.39 is 5.97 Å². The third-order valence-electron chi connectivity index (χ3n) is 3.15. The first-order valence-corrected chi connectivity index (χ1v) is 6.84. The molecule has 0 amide bonds. The molecule has 3 aromatic rings. The molecule has 0 aliphatic carbocycles. The minimum atomic E-state index is -0.959. The van der Waals surface area contributed by atoms with Gasteiger partial charge in [0.15, 0.2) is 0 Å². The van der Waals surface area contributed by atoms with E-state index in [2.05, 4.69) is 25.9 Å². The van der Waals surface area contributed by atoms with Crippen molar-refractivity contribution >= 4 is 32.9 Å². The highest BCUT2D eigenvalue weighted by molar-refractivity contribution is 9.10. The predicted molar refractivity (Wildman–Crippen MR) is 80.9 cm³/mol. The Balaban J connectivity index is 2.26. The van der Waals surface area contributed by atoms with Crippen LogP contribution in [0.3, 0.4) is 0 Å². The molecular formula is C15H11BrN2O2. The van der Waals surface area contributed by atoms with E-state index in [1.54, 1.807) is 24.3 Å². The van der Waals surface area contributed by atoms with Crippen LogP contribution in [0.1, 0.15) is 15.9 Å². The maximum atomic E-state index is 11.3. The van der Waals surface area contributed by atoms with Gasteiger partial charge in [-0.05, 0) is 30.7 Å². The Morgan fingerprint density at radius 3 is 2.80 bits per heavy atom. The minimum absolute atomic E-state index is 0.239. The Morgan fingerprint density at radius 1 is 1.30 bits per heavy atom. The number of imidazole rings is 1. The van der Waals surface area contributed by atoms with Crippen LogP contribution in [0, 0.1) is 6.92 Å². The smallest absolute Gasteiger partial charge is 0.336 e. The van der Waals surface area contributed by atoms with Crippen molar-refractivity contribution in [3.8, 4) is 11.4 Å². The zero-order valence-electron chi connectivity index (χ0n) is 10.6. The summed E-state index contributed by atoms with van der Waals surface area (Å²) in [7, 11) is 0. The van der Waals surface area contributed by atoms with Crippen molar-refractivity contribution in [2.75, 3.05) is 0 Å². The third kappa shape index (κ3) is 2.10. The fraction of sp³-hybridized carbons (Fsp3) is 0.0667. The van der Waals surface area contributed by atoms with Crippen LogP contribution in [0.2, 0.25) is 0 Å². The van der Waals surface area contributed by atoms with Gasteiger partial charge in [-0.25, -0.2) is 9.78 Å². The molecule has 1 heterocycles. The van der Waals surface area contributed by atoms with E-state index in [0.29, 0.717) is 11.4 Å². The van der Waals surface area contributed by atoms with E-state index >= 15 is 0 Å². The van der Waals surface area contributed by atoms with Crippen molar-refractivity contribution in [3.63, 3.8) is 0 Å². The zero-order valence-corrected chi connectivity index (χ0v) is 12.2. The molecule has 20 heavy (non-hydrogen) atoms. The number of aryl methyl sites for hydroxylation is 1. The van der Waals surface area contributed by atoms with Crippen LogP contribution < -0.4 is 0 Å². The van der Waals surface area contributed by atoms with Crippen LogP contribution >= 0.6 is 15.9 Å². The monoisotopic (exact) mass is 330 g/mol. The number of nitrogens with zero attached hydrogens (tertiary/aromatic N) is 1. The standard InChI is InChI=1S/C15H11BrN2O2/c1-8-6-9(16)7-12-13(8)18-14(17-12)10-4-2-3-5-11(10)15(19)20/h2-7H,1H3,(H,17,18)(H,19,20). The summed E-state index contributed by atoms with van der Waals surface area (Å²) >= 11 is 3.44. The summed E-state index contributed by atoms with van der Waals surface area (Å²) in [6, 6.07) is 10.8. The van der Waals surface area contributed by atoms with Gasteiger partial charge in [-0.1, -0.05) is 34.1 Å². The second kappa shape index (κ2) is 4.76. The number of aromatic nitrogens is 2. The van der Waals surface area contributed by atoms with E-state index in [4.69, 9.17) is 0 Å². The number of hydrogen-bond donors (Lipinski definition) is 2. The molecule has 1 aromatic heterocycles. The SMILES string of the molecule is Cc1cc(Br)cc2[nH]c(-c3ccccc3C(=O)O)nc12. The molecular weight excluding hydrogens is 320 g/mol. The molecule has 0 spiro atoms. The average Bonchev–Trinajstić information content (AvgIpc) is 2.82. The van der Waals surface area contributed by atoms with Gasteiger partial charge < -0.3 is 10.1 Å². The number of H-pyrrole nitrogens is 1. The van der Waals surface area contributed by atoms with Gasteiger partial charge in [0.2, 0.25) is 0 Å². The summed E-state index contributed by atoms with van der Waals surface area (Å²) in [6.45, 7) is 1.97. The maximum absolute atomic E-state index is 11.3. The van der Waals surface area contributed by atoms with Crippen LogP contribution in [0.25, 0.3) is 22.4 Å². The minimum Gasteiger partial charge on any atom is -0.478 e. The van der Waals surface area contributed by atoms with Crippen LogP contribution in [-0.2, 0) is 0 Å². The van der Waals surface area contributed by atoms with Crippen molar-refractivity contribution in [1.82, 2.24) is 9.97 Å². The van der Waals surface area contributed by atoms with Gasteiger partial charge in [-0.2, -0.15) is 0 Å². The first-order valence-electron chi connectivity index (χ1n) is 6.05. The van der Waals surface area contributed by atoms with Crippen molar-refractivity contribution in [1.29, 1.82) is 0 Å². The number of hydrogen-bond acceptors (Lipinski definition) is 2. The van der Waals surface area contributed by atoms with E-state index in [-0.39, 0.29) is 5.56 Å². The largest absolute Gasteiger partial charge is 0.478 e. The number of carboxylic acid groups (broad SMARTS) is 1. The third-order valence-corrected chi connectivity index (χ3v) is 3.61. The molecule has 2 aromatic carbocycles. The Labute approximate surface area is 123 Å². The summed E-state index contributed by atoms with van der Waals surface area (Å²) in [5, 5.41) is 9.25. The number of carbonyl (C=O) groups is 1. The van der Waals surface area contributed by atoms with Gasteiger partial charge in [-0.15, -0.1) is 0 Å². The summed E-state index contributed by atoms with van der Waals surface area (Å²) in [4.78, 5) is 19.0. The molecule has 0 atom stereocenters.